The Morgan fingerprint density at radius 1 is 1.09 bits per heavy atom. The number of halogens is 3. The van der Waals surface area contributed by atoms with Gasteiger partial charge in [0.15, 0.2) is 0 Å². The van der Waals surface area contributed by atoms with Crippen LogP contribution in [0, 0.1) is 5.92 Å². The minimum absolute atomic E-state index is 0.0221. The van der Waals surface area contributed by atoms with Crippen LogP contribution in [0.15, 0.2) is 46.8 Å². The van der Waals surface area contributed by atoms with E-state index in [0.29, 0.717) is 17.0 Å². The van der Waals surface area contributed by atoms with Crippen LogP contribution in [0.2, 0.25) is 0 Å². The first-order valence-corrected chi connectivity index (χ1v) is 11.3. The van der Waals surface area contributed by atoms with Crippen LogP contribution in [0.3, 0.4) is 0 Å². The Bertz CT molecular complexity index is 1020. The molecular formula is C25H30F3NO6. The highest BCUT2D eigenvalue weighted by atomic mass is 19.4. The predicted molar refractivity (Wildman–Crippen MR) is 120 cm³/mol. The molecule has 0 saturated heterocycles. The van der Waals surface area contributed by atoms with E-state index < -0.39 is 30.0 Å². The van der Waals surface area contributed by atoms with E-state index in [1.807, 2.05) is 18.7 Å². The molecule has 1 fully saturated rings. The largest absolute Gasteiger partial charge is 0.573 e. The van der Waals surface area contributed by atoms with Gasteiger partial charge in [-0.15, -0.1) is 13.2 Å². The van der Waals surface area contributed by atoms with Crippen molar-refractivity contribution in [3.63, 3.8) is 0 Å². The van der Waals surface area contributed by atoms with E-state index in [9.17, 15) is 27.9 Å². The van der Waals surface area contributed by atoms with Crippen molar-refractivity contribution >= 4 is 11.9 Å². The van der Waals surface area contributed by atoms with E-state index in [1.54, 1.807) is 13.8 Å². The van der Waals surface area contributed by atoms with Crippen LogP contribution in [0.25, 0.3) is 0 Å². The summed E-state index contributed by atoms with van der Waals surface area (Å²) in [6.07, 6.45) is -3.50. The summed E-state index contributed by atoms with van der Waals surface area (Å²) in [6, 6.07) is 4.95. The number of carboxylic acids is 1. The monoisotopic (exact) mass is 497 g/mol. The molecule has 2 unspecified atom stereocenters. The Labute approximate surface area is 202 Å². The fourth-order valence-electron chi connectivity index (χ4n) is 4.46. The number of hydrogen-bond acceptors (Lipinski definition) is 6. The lowest BCUT2D eigenvalue weighted by molar-refractivity contribution is -0.274. The quantitative estimate of drug-likeness (QED) is 0.481. The number of alkyl halides is 3. The number of carbonyl (C=O) groups excluding carboxylic acids is 1. The van der Waals surface area contributed by atoms with Crippen LogP contribution >= 0.6 is 0 Å². The molecule has 2 atom stereocenters. The normalized spacial score (nSPS) is 19.8. The number of hydrogen-bond donors (Lipinski definition) is 1. The molecule has 1 aromatic rings. The Hall–Kier alpha value is -3.01. The van der Waals surface area contributed by atoms with Gasteiger partial charge in [-0.2, -0.15) is 0 Å². The molecule has 1 aliphatic heterocycles. The van der Waals surface area contributed by atoms with Crippen molar-refractivity contribution in [1.82, 2.24) is 4.90 Å². The lowest BCUT2D eigenvalue weighted by Gasteiger charge is -2.38. The fourth-order valence-corrected chi connectivity index (χ4v) is 4.46. The molecule has 2 aliphatic rings. The van der Waals surface area contributed by atoms with Gasteiger partial charge in [0.2, 0.25) is 0 Å². The van der Waals surface area contributed by atoms with Crippen LogP contribution in [0.4, 0.5) is 13.2 Å². The van der Waals surface area contributed by atoms with Crippen LogP contribution in [-0.4, -0.2) is 54.2 Å². The minimum atomic E-state index is -4.86. The van der Waals surface area contributed by atoms with Gasteiger partial charge < -0.3 is 24.2 Å². The van der Waals surface area contributed by atoms with Crippen molar-refractivity contribution in [2.75, 3.05) is 13.7 Å². The third-order valence-corrected chi connectivity index (χ3v) is 6.31. The first-order valence-electron chi connectivity index (χ1n) is 11.3. The summed E-state index contributed by atoms with van der Waals surface area (Å²) in [6.45, 7) is 7.24. The highest BCUT2D eigenvalue weighted by molar-refractivity contribution is 5.99. The molecule has 1 aromatic carbocycles. The van der Waals surface area contributed by atoms with Crippen molar-refractivity contribution in [3.05, 3.63) is 52.4 Å². The summed E-state index contributed by atoms with van der Waals surface area (Å²) in [5.74, 6) is -3.31. The van der Waals surface area contributed by atoms with Crippen LogP contribution in [0.5, 0.6) is 5.75 Å². The second-order valence-corrected chi connectivity index (χ2v) is 9.07. The molecule has 10 heteroatoms. The van der Waals surface area contributed by atoms with Crippen LogP contribution < -0.4 is 4.74 Å². The van der Waals surface area contributed by atoms with E-state index in [4.69, 9.17) is 9.47 Å². The molecule has 1 heterocycles. The third-order valence-electron chi connectivity index (χ3n) is 6.31. The molecule has 1 saturated carbocycles. The van der Waals surface area contributed by atoms with Gasteiger partial charge in [0, 0.05) is 24.5 Å². The highest BCUT2D eigenvalue weighted by Crippen LogP contribution is 2.46. The molecule has 0 radical (unpaired) electrons. The minimum Gasteiger partial charge on any atom is -0.478 e. The second kappa shape index (κ2) is 10.3. The number of ether oxygens (including phenoxy) is 3. The molecule has 1 N–H and O–H groups in total. The highest BCUT2D eigenvalue weighted by Gasteiger charge is 2.44. The molecule has 35 heavy (non-hydrogen) atoms. The Morgan fingerprint density at radius 3 is 2.11 bits per heavy atom. The van der Waals surface area contributed by atoms with Gasteiger partial charge in [0.25, 0.3) is 0 Å². The molecule has 0 amide bonds. The lowest BCUT2D eigenvalue weighted by Crippen LogP contribution is -2.36. The third kappa shape index (κ3) is 5.98. The molecule has 192 valence electrons. The zero-order chi connectivity index (χ0) is 26.1. The van der Waals surface area contributed by atoms with E-state index in [1.165, 1.54) is 19.2 Å². The van der Waals surface area contributed by atoms with E-state index in [2.05, 4.69) is 4.74 Å². The molecule has 0 bridgehead atoms. The Balaban J connectivity index is 2.05. The number of aliphatic carboxylic acids is 1. The van der Waals surface area contributed by atoms with E-state index in [-0.39, 0.29) is 35.8 Å². The topological polar surface area (TPSA) is 85.3 Å². The molecule has 7 nitrogen and oxygen atoms in total. The van der Waals surface area contributed by atoms with Crippen LogP contribution in [-0.2, 0) is 19.1 Å². The number of allylic oxidation sites excluding steroid dienone is 2. The maximum Gasteiger partial charge on any atom is 0.573 e. The van der Waals surface area contributed by atoms with Crippen molar-refractivity contribution in [3.8, 4) is 5.75 Å². The van der Waals surface area contributed by atoms with Gasteiger partial charge >= 0.3 is 18.3 Å². The SMILES string of the molecule is COC(COC(=O)C1=C(C)N(C2CC2)C(C)=C(C(=O)O)C1c1ccc(OC(F)(F)F)cc1)C(C)C. The van der Waals surface area contributed by atoms with Gasteiger partial charge in [-0.1, -0.05) is 26.0 Å². The van der Waals surface area contributed by atoms with Crippen molar-refractivity contribution in [1.29, 1.82) is 0 Å². The molecule has 0 spiro atoms. The molecule has 0 aromatic heterocycles. The zero-order valence-electron chi connectivity index (χ0n) is 20.3. The van der Waals surface area contributed by atoms with E-state index in [0.717, 1.165) is 25.0 Å². The maximum atomic E-state index is 13.4. The molecule has 3 rings (SSSR count). The van der Waals surface area contributed by atoms with Crippen molar-refractivity contribution in [2.45, 2.75) is 65.0 Å². The molecule has 1 aliphatic carbocycles. The summed E-state index contributed by atoms with van der Waals surface area (Å²) >= 11 is 0. The second-order valence-electron chi connectivity index (χ2n) is 9.07. The Morgan fingerprint density at radius 2 is 1.66 bits per heavy atom. The summed E-state index contributed by atoms with van der Waals surface area (Å²) in [5, 5.41) is 10.1. The summed E-state index contributed by atoms with van der Waals surface area (Å²) in [5.41, 5.74) is 1.52. The maximum absolute atomic E-state index is 13.4. The standard InChI is InChI=1S/C25H30F3NO6/c1-13(2)19(33-5)12-34-24(32)21-15(4)29(17-8-9-17)14(3)20(23(30)31)22(21)16-6-10-18(11-7-16)35-25(26,27)28/h6-7,10-11,13,17,19,22H,8-9,12H2,1-5H3,(H,30,31). The summed E-state index contributed by atoms with van der Waals surface area (Å²) in [7, 11) is 1.51. The van der Waals surface area contributed by atoms with Gasteiger partial charge in [-0.25, -0.2) is 9.59 Å². The number of carbonyl (C=O) groups is 2. The van der Waals surface area contributed by atoms with Crippen molar-refractivity contribution < 1.29 is 42.1 Å². The van der Waals surface area contributed by atoms with Gasteiger partial charge in [-0.3, -0.25) is 0 Å². The van der Waals surface area contributed by atoms with Crippen molar-refractivity contribution in [2.24, 2.45) is 5.92 Å². The number of carboxylic acid groups (broad SMARTS) is 1. The van der Waals surface area contributed by atoms with Gasteiger partial charge in [0.05, 0.1) is 23.2 Å². The average molecular weight is 498 g/mol. The Kier molecular flexibility index (Phi) is 7.83. The van der Waals surface area contributed by atoms with Gasteiger partial charge in [0.1, 0.15) is 12.4 Å². The molecular weight excluding hydrogens is 467 g/mol. The smallest absolute Gasteiger partial charge is 0.478 e. The number of benzene rings is 1. The number of esters is 1. The lowest BCUT2D eigenvalue weighted by atomic mass is 9.79. The summed E-state index contributed by atoms with van der Waals surface area (Å²) < 4.78 is 52.7. The predicted octanol–water partition coefficient (Wildman–Crippen LogP) is 4.99. The van der Waals surface area contributed by atoms with Gasteiger partial charge in [-0.05, 0) is 50.3 Å². The zero-order valence-corrected chi connectivity index (χ0v) is 20.3. The summed E-state index contributed by atoms with van der Waals surface area (Å²) in [4.78, 5) is 27.7. The number of methoxy groups -OCH3 is 1. The number of nitrogens with zero attached hydrogens (tertiary/aromatic N) is 1. The number of rotatable bonds is 9. The average Bonchev–Trinajstić information content (AvgIpc) is 3.57. The first kappa shape index (κ1) is 26.6. The first-order chi connectivity index (χ1) is 16.4. The fraction of sp³-hybridized carbons (Fsp3) is 0.520. The van der Waals surface area contributed by atoms with Crippen LogP contribution in [0.1, 0.15) is 52.0 Å². The van der Waals surface area contributed by atoms with E-state index >= 15 is 0 Å².